The number of carbonyl (C=O) groups excluding carboxylic acids is 1. The van der Waals surface area contributed by atoms with Crippen LogP contribution in [0, 0.1) is 0 Å². The second-order valence-electron chi connectivity index (χ2n) is 10.0. The Morgan fingerprint density at radius 3 is 2.52 bits per heavy atom. The van der Waals surface area contributed by atoms with E-state index in [0.717, 1.165) is 71.0 Å². The van der Waals surface area contributed by atoms with Crippen molar-refractivity contribution in [2.45, 2.75) is 32.4 Å². The molecule has 40 heavy (non-hydrogen) atoms. The summed E-state index contributed by atoms with van der Waals surface area (Å²) in [6.45, 7) is 2.27. The largest absolute Gasteiger partial charge is 0.493 e. The number of ether oxygens (including phenoxy) is 1. The summed E-state index contributed by atoms with van der Waals surface area (Å²) in [4.78, 5) is 32.2. The highest BCUT2D eigenvalue weighted by molar-refractivity contribution is 7.10. The van der Waals surface area contributed by atoms with Crippen LogP contribution in [0.25, 0.3) is 11.6 Å². The number of hydrogen-bond acceptors (Lipinski definition) is 6. The van der Waals surface area contributed by atoms with Gasteiger partial charge < -0.3 is 14.7 Å². The van der Waals surface area contributed by atoms with Gasteiger partial charge in [0.05, 0.1) is 17.1 Å². The maximum atomic E-state index is 12.8. The van der Waals surface area contributed by atoms with Crippen LogP contribution in [-0.4, -0.2) is 39.8 Å². The Bertz CT molecular complexity index is 1650. The Kier molecular flexibility index (Phi) is 7.33. The number of nitrogens with zero attached hydrogens (tertiary/aromatic N) is 3. The van der Waals surface area contributed by atoms with Gasteiger partial charge in [-0.05, 0) is 66.8 Å². The number of carbonyl (C=O) groups is 1. The third-order valence-electron chi connectivity index (χ3n) is 7.24. The molecule has 202 valence electrons. The van der Waals surface area contributed by atoms with Crippen LogP contribution in [0.2, 0.25) is 0 Å². The summed E-state index contributed by atoms with van der Waals surface area (Å²) in [5, 5.41) is 11.0. The lowest BCUT2D eigenvalue weighted by molar-refractivity contribution is 0.0724. The fourth-order valence-corrected chi connectivity index (χ4v) is 5.85. The lowest BCUT2D eigenvalue weighted by Crippen LogP contribution is -2.35. The van der Waals surface area contributed by atoms with E-state index in [4.69, 9.17) is 4.74 Å². The zero-order chi connectivity index (χ0) is 27.5. The lowest BCUT2D eigenvalue weighted by atomic mass is 10.1. The molecular formula is C32H29N3O4S. The molecule has 8 heteroatoms. The zero-order valence-electron chi connectivity index (χ0n) is 22.0. The Morgan fingerprint density at radius 2 is 1.75 bits per heavy atom. The van der Waals surface area contributed by atoms with E-state index in [1.165, 1.54) is 11.0 Å². The predicted octanol–water partition coefficient (Wildman–Crippen LogP) is 6.13. The number of aromatic nitrogens is 1. The van der Waals surface area contributed by atoms with Crippen molar-refractivity contribution >= 4 is 40.8 Å². The summed E-state index contributed by atoms with van der Waals surface area (Å²) in [5.74, 6) is 0.674. The number of thiazole rings is 1. The first-order valence-corrected chi connectivity index (χ1v) is 14.2. The van der Waals surface area contributed by atoms with Crippen molar-refractivity contribution in [2.24, 2.45) is 4.99 Å². The summed E-state index contributed by atoms with van der Waals surface area (Å²) in [6.07, 6.45) is 6.78. The van der Waals surface area contributed by atoms with Crippen LogP contribution in [-0.2, 0) is 13.2 Å². The summed E-state index contributed by atoms with van der Waals surface area (Å²) in [6, 6.07) is 23.0. The van der Waals surface area contributed by atoms with Gasteiger partial charge in [0.2, 0.25) is 5.88 Å². The normalized spacial score (nSPS) is 15.4. The molecule has 0 radical (unpaired) electrons. The van der Waals surface area contributed by atoms with Crippen molar-refractivity contribution in [1.82, 2.24) is 9.47 Å². The van der Waals surface area contributed by atoms with Gasteiger partial charge in [-0.25, -0.2) is 0 Å². The Labute approximate surface area is 236 Å². The fraction of sp³-hybridized carbons (Fsp3) is 0.219. The molecule has 0 bridgehead atoms. The fourth-order valence-electron chi connectivity index (χ4n) is 5.02. The van der Waals surface area contributed by atoms with E-state index in [1.807, 2.05) is 65.6 Å². The van der Waals surface area contributed by atoms with Crippen LogP contribution in [0.4, 0.5) is 5.69 Å². The molecule has 3 aromatic carbocycles. The average Bonchev–Trinajstić information content (AvgIpc) is 3.52. The number of hydrogen-bond donors (Lipinski definition) is 1. The second kappa shape index (κ2) is 11.4. The van der Waals surface area contributed by atoms with E-state index in [-0.39, 0.29) is 23.2 Å². The molecule has 7 nitrogen and oxygen atoms in total. The van der Waals surface area contributed by atoms with Crippen molar-refractivity contribution in [2.75, 3.05) is 13.1 Å². The molecule has 3 heterocycles. The molecule has 0 aliphatic carbocycles. The van der Waals surface area contributed by atoms with E-state index in [0.29, 0.717) is 17.0 Å². The number of rotatable bonds is 7. The van der Waals surface area contributed by atoms with Crippen LogP contribution in [0.1, 0.15) is 51.2 Å². The van der Waals surface area contributed by atoms with Crippen LogP contribution in [0.3, 0.4) is 0 Å². The summed E-state index contributed by atoms with van der Waals surface area (Å²) < 4.78 is 7.33. The Morgan fingerprint density at radius 1 is 0.975 bits per heavy atom. The molecule has 1 fully saturated rings. The molecule has 2 aliphatic rings. The molecule has 0 unspecified atom stereocenters. The van der Waals surface area contributed by atoms with Gasteiger partial charge >= 0.3 is 4.87 Å². The maximum absolute atomic E-state index is 12.8. The number of piperidine rings is 1. The molecule has 1 amide bonds. The summed E-state index contributed by atoms with van der Waals surface area (Å²) in [5.41, 5.74) is 5.04. The van der Waals surface area contributed by atoms with Crippen molar-refractivity contribution in [3.8, 4) is 11.6 Å². The lowest BCUT2D eigenvalue weighted by Gasteiger charge is -2.26. The quantitative estimate of drug-likeness (QED) is 0.300. The highest BCUT2D eigenvalue weighted by Crippen LogP contribution is 2.37. The number of aromatic hydroxyl groups is 1. The number of amides is 1. The highest BCUT2D eigenvalue weighted by atomic mass is 32.1. The second-order valence-corrected chi connectivity index (χ2v) is 11.0. The third-order valence-corrected chi connectivity index (χ3v) is 8.15. The van der Waals surface area contributed by atoms with Gasteiger partial charge in [-0.2, -0.15) is 0 Å². The summed E-state index contributed by atoms with van der Waals surface area (Å²) >= 11 is 0.988. The molecule has 2 aliphatic heterocycles. The van der Waals surface area contributed by atoms with Gasteiger partial charge in [-0.1, -0.05) is 53.8 Å². The highest BCUT2D eigenvalue weighted by Gasteiger charge is 2.20. The molecule has 0 spiro atoms. The molecule has 1 saturated heterocycles. The smallest absolute Gasteiger partial charge is 0.310 e. The van der Waals surface area contributed by atoms with Gasteiger partial charge in [-0.15, -0.1) is 0 Å². The molecule has 0 atom stereocenters. The predicted molar refractivity (Wildman–Crippen MR) is 159 cm³/mol. The first kappa shape index (κ1) is 25.8. The molecule has 0 saturated carbocycles. The first-order chi connectivity index (χ1) is 19.5. The number of likely N-dealkylation sites (tertiary alicyclic amines) is 1. The standard InChI is InChI=1S/C32H29N3O4S/c36-30(34-15-5-2-6-16-34)24-11-9-22(10-12-24)20-35-31(37)29(40-32(35)38)17-25-19-33-28-14-13-26(18-27(25)28)39-21-23-7-3-1-4-8-23/h1,3-4,7-14,17-19,37H,2,5-6,15-16,20-21H2. The molecule has 1 aromatic heterocycles. The van der Waals surface area contributed by atoms with E-state index in [9.17, 15) is 14.7 Å². The van der Waals surface area contributed by atoms with Crippen LogP contribution in [0.5, 0.6) is 11.6 Å². The van der Waals surface area contributed by atoms with Crippen molar-refractivity contribution < 1.29 is 14.6 Å². The molecule has 1 N–H and O–H groups in total. The maximum Gasteiger partial charge on any atom is 0.310 e. The molecule has 6 rings (SSSR count). The number of allylic oxidation sites excluding steroid dienone is 1. The minimum atomic E-state index is -0.257. The van der Waals surface area contributed by atoms with Gasteiger partial charge in [0.1, 0.15) is 12.4 Å². The van der Waals surface area contributed by atoms with E-state index >= 15 is 0 Å². The van der Waals surface area contributed by atoms with Crippen LogP contribution >= 0.6 is 11.3 Å². The van der Waals surface area contributed by atoms with Crippen LogP contribution < -0.4 is 9.61 Å². The van der Waals surface area contributed by atoms with Gasteiger partial charge in [0.15, 0.2) is 0 Å². The van der Waals surface area contributed by atoms with Crippen LogP contribution in [0.15, 0.2) is 82.6 Å². The molecular weight excluding hydrogens is 522 g/mol. The first-order valence-electron chi connectivity index (χ1n) is 13.4. The van der Waals surface area contributed by atoms with E-state index in [2.05, 4.69) is 4.99 Å². The number of fused-ring (bicyclic) bond motifs is 1. The van der Waals surface area contributed by atoms with Crippen molar-refractivity contribution in [3.05, 3.63) is 110 Å². The average molecular weight is 552 g/mol. The van der Waals surface area contributed by atoms with E-state index in [1.54, 1.807) is 24.4 Å². The zero-order valence-corrected chi connectivity index (χ0v) is 22.8. The third kappa shape index (κ3) is 5.49. The Hall–Kier alpha value is -4.43. The molecule has 4 aromatic rings. The number of benzene rings is 3. The minimum absolute atomic E-state index is 0.0443. The SMILES string of the molecule is O=C(c1ccc(Cn2c(O)c(C=C3C=Nc4ccc(OCc5ccccc5)cc43)sc2=O)cc1)N1CCCCC1. The summed E-state index contributed by atoms with van der Waals surface area (Å²) in [7, 11) is 0. The monoisotopic (exact) mass is 551 g/mol. The van der Waals surface area contributed by atoms with Crippen molar-refractivity contribution in [3.63, 3.8) is 0 Å². The van der Waals surface area contributed by atoms with Crippen molar-refractivity contribution in [1.29, 1.82) is 0 Å². The van der Waals surface area contributed by atoms with Gasteiger partial charge in [-0.3, -0.25) is 19.1 Å². The minimum Gasteiger partial charge on any atom is -0.493 e. The topological polar surface area (TPSA) is 84.1 Å². The Balaban J connectivity index is 1.18. The van der Waals surface area contributed by atoms with E-state index < -0.39 is 0 Å². The number of aliphatic imine (C=N–C) groups is 1. The van der Waals surface area contributed by atoms with Gasteiger partial charge in [0, 0.05) is 36.0 Å². The van der Waals surface area contributed by atoms with Gasteiger partial charge in [0.25, 0.3) is 5.91 Å².